The number of anilines is 2. The van der Waals surface area contributed by atoms with E-state index < -0.39 is 23.6 Å². The van der Waals surface area contributed by atoms with E-state index in [0.29, 0.717) is 29.0 Å². The van der Waals surface area contributed by atoms with Gasteiger partial charge in [0.2, 0.25) is 5.91 Å². The van der Waals surface area contributed by atoms with Crippen molar-refractivity contribution in [2.45, 2.75) is 39.5 Å². The van der Waals surface area contributed by atoms with E-state index in [1.54, 1.807) is 35.0 Å². The SMILES string of the molecule is CCCN(CC(=O)Nc1cc(C(C)(C)C)nn1-c1ccc(Cl)cc1)C(=O)Nc1ccc(F)cc1F. The van der Waals surface area contributed by atoms with Gasteiger partial charge < -0.3 is 15.5 Å². The van der Waals surface area contributed by atoms with Crippen molar-refractivity contribution in [1.82, 2.24) is 14.7 Å². The summed E-state index contributed by atoms with van der Waals surface area (Å²) in [6.07, 6.45) is 0.573. The van der Waals surface area contributed by atoms with Crippen LogP contribution in [0, 0.1) is 11.6 Å². The second-order valence-electron chi connectivity index (χ2n) is 9.08. The first-order valence-corrected chi connectivity index (χ1v) is 11.5. The Morgan fingerprint density at radius 2 is 1.74 bits per heavy atom. The van der Waals surface area contributed by atoms with Crippen LogP contribution in [0.25, 0.3) is 5.69 Å². The van der Waals surface area contributed by atoms with Gasteiger partial charge in [0, 0.05) is 29.1 Å². The molecule has 2 N–H and O–H groups in total. The summed E-state index contributed by atoms with van der Waals surface area (Å²) in [7, 11) is 0. The molecule has 0 aliphatic heterocycles. The molecule has 3 aromatic rings. The van der Waals surface area contributed by atoms with Gasteiger partial charge in [-0.15, -0.1) is 0 Å². The number of hydrogen-bond donors (Lipinski definition) is 2. The van der Waals surface area contributed by atoms with Gasteiger partial charge in [-0.25, -0.2) is 18.3 Å². The first-order valence-electron chi connectivity index (χ1n) is 11.1. The van der Waals surface area contributed by atoms with E-state index in [2.05, 4.69) is 15.7 Å². The Labute approximate surface area is 208 Å². The Balaban J connectivity index is 1.80. The Morgan fingerprint density at radius 1 is 1.06 bits per heavy atom. The molecular formula is C25H28ClF2N5O2. The van der Waals surface area contributed by atoms with Crippen molar-refractivity contribution in [3.8, 4) is 5.69 Å². The van der Waals surface area contributed by atoms with E-state index in [4.69, 9.17) is 11.6 Å². The normalized spacial score (nSPS) is 11.3. The fourth-order valence-electron chi connectivity index (χ4n) is 3.28. The van der Waals surface area contributed by atoms with E-state index in [0.717, 1.165) is 17.8 Å². The van der Waals surface area contributed by atoms with Crippen molar-refractivity contribution in [2.75, 3.05) is 23.7 Å². The first-order chi connectivity index (χ1) is 16.5. The summed E-state index contributed by atoms with van der Waals surface area (Å²) in [5.74, 6) is -1.68. The Morgan fingerprint density at radius 3 is 2.34 bits per heavy atom. The van der Waals surface area contributed by atoms with Crippen LogP contribution >= 0.6 is 11.6 Å². The minimum absolute atomic E-state index is 0.173. The minimum atomic E-state index is -0.902. The number of nitrogens with zero attached hydrogens (tertiary/aromatic N) is 3. The number of rotatable bonds is 7. The van der Waals surface area contributed by atoms with Gasteiger partial charge in [0.15, 0.2) is 0 Å². The van der Waals surface area contributed by atoms with Crippen LogP contribution in [0.1, 0.15) is 39.8 Å². The highest BCUT2D eigenvalue weighted by molar-refractivity contribution is 6.30. The molecule has 0 spiro atoms. The summed E-state index contributed by atoms with van der Waals surface area (Å²) < 4.78 is 28.7. The molecule has 0 bridgehead atoms. The second-order valence-corrected chi connectivity index (χ2v) is 9.51. The molecule has 7 nitrogen and oxygen atoms in total. The highest BCUT2D eigenvalue weighted by Crippen LogP contribution is 2.27. The van der Waals surface area contributed by atoms with Crippen LogP contribution in [0.15, 0.2) is 48.5 Å². The highest BCUT2D eigenvalue weighted by Gasteiger charge is 2.23. The molecule has 1 aromatic heterocycles. The molecular weight excluding hydrogens is 476 g/mol. The van der Waals surface area contributed by atoms with Crippen molar-refractivity contribution in [1.29, 1.82) is 0 Å². The molecule has 0 radical (unpaired) electrons. The lowest BCUT2D eigenvalue weighted by atomic mass is 9.92. The summed E-state index contributed by atoms with van der Waals surface area (Å²) in [6, 6.07) is 11.0. The lowest BCUT2D eigenvalue weighted by Gasteiger charge is -2.22. The quantitative estimate of drug-likeness (QED) is 0.416. The molecule has 35 heavy (non-hydrogen) atoms. The number of urea groups is 1. The molecule has 10 heteroatoms. The van der Waals surface area contributed by atoms with Gasteiger partial charge in [-0.2, -0.15) is 5.10 Å². The predicted molar refractivity (Wildman–Crippen MR) is 133 cm³/mol. The largest absolute Gasteiger partial charge is 0.322 e. The van der Waals surface area contributed by atoms with E-state index in [1.807, 2.05) is 27.7 Å². The van der Waals surface area contributed by atoms with E-state index in [-0.39, 0.29) is 24.2 Å². The Kier molecular flexibility index (Phi) is 8.11. The number of aromatic nitrogens is 2. The van der Waals surface area contributed by atoms with Crippen LogP contribution in [0.2, 0.25) is 5.02 Å². The Hall–Kier alpha value is -3.46. The summed E-state index contributed by atoms with van der Waals surface area (Å²) in [4.78, 5) is 26.9. The van der Waals surface area contributed by atoms with E-state index >= 15 is 0 Å². The number of carbonyl (C=O) groups excluding carboxylic acids is 2. The lowest BCUT2D eigenvalue weighted by molar-refractivity contribution is -0.116. The van der Waals surface area contributed by atoms with Crippen LogP contribution in [0.3, 0.4) is 0 Å². The lowest BCUT2D eigenvalue weighted by Crippen LogP contribution is -2.41. The van der Waals surface area contributed by atoms with Gasteiger partial charge in [-0.3, -0.25) is 4.79 Å². The smallest absolute Gasteiger partial charge is 0.315 e. The molecule has 0 saturated carbocycles. The van der Waals surface area contributed by atoms with Crippen molar-refractivity contribution in [3.63, 3.8) is 0 Å². The zero-order chi connectivity index (χ0) is 25.8. The van der Waals surface area contributed by atoms with Gasteiger partial charge >= 0.3 is 6.03 Å². The molecule has 0 atom stereocenters. The van der Waals surface area contributed by atoms with Crippen LogP contribution < -0.4 is 10.6 Å². The monoisotopic (exact) mass is 503 g/mol. The molecule has 0 aliphatic carbocycles. The number of benzene rings is 2. The topological polar surface area (TPSA) is 79.3 Å². The zero-order valence-electron chi connectivity index (χ0n) is 20.0. The molecule has 0 aliphatic rings. The second kappa shape index (κ2) is 10.9. The van der Waals surface area contributed by atoms with Gasteiger partial charge in [-0.05, 0) is 42.8 Å². The maximum absolute atomic E-state index is 14.0. The predicted octanol–water partition coefficient (Wildman–Crippen LogP) is 5.98. The fraction of sp³-hybridized carbons (Fsp3) is 0.320. The molecule has 1 heterocycles. The summed E-state index contributed by atoms with van der Waals surface area (Å²) >= 11 is 6.01. The van der Waals surface area contributed by atoms with Gasteiger partial charge in [0.1, 0.15) is 24.0 Å². The molecule has 0 saturated heterocycles. The average molecular weight is 504 g/mol. The minimum Gasteiger partial charge on any atom is -0.315 e. The number of hydrogen-bond acceptors (Lipinski definition) is 3. The molecule has 0 unspecified atom stereocenters. The van der Waals surface area contributed by atoms with Crippen LogP contribution in [-0.4, -0.2) is 39.7 Å². The third-order valence-corrected chi connectivity index (χ3v) is 5.36. The van der Waals surface area contributed by atoms with E-state index in [9.17, 15) is 18.4 Å². The fourth-order valence-corrected chi connectivity index (χ4v) is 3.40. The van der Waals surface area contributed by atoms with E-state index in [1.165, 1.54) is 4.90 Å². The van der Waals surface area contributed by atoms with Crippen molar-refractivity contribution >= 4 is 35.0 Å². The maximum Gasteiger partial charge on any atom is 0.322 e. The average Bonchev–Trinajstić information content (AvgIpc) is 3.20. The molecule has 186 valence electrons. The van der Waals surface area contributed by atoms with Crippen molar-refractivity contribution < 1.29 is 18.4 Å². The summed E-state index contributed by atoms with van der Waals surface area (Å²) in [5, 5.41) is 10.4. The number of nitrogens with one attached hydrogen (secondary N) is 2. The highest BCUT2D eigenvalue weighted by atomic mass is 35.5. The van der Waals surface area contributed by atoms with Crippen LogP contribution in [0.5, 0.6) is 0 Å². The van der Waals surface area contributed by atoms with Gasteiger partial charge in [0.05, 0.1) is 17.1 Å². The summed E-state index contributed by atoms with van der Waals surface area (Å²) in [6.45, 7) is 7.85. The van der Waals surface area contributed by atoms with Crippen LogP contribution in [-0.2, 0) is 10.2 Å². The van der Waals surface area contributed by atoms with Gasteiger partial charge in [0.25, 0.3) is 0 Å². The molecule has 3 rings (SSSR count). The third kappa shape index (κ3) is 6.79. The zero-order valence-corrected chi connectivity index (χ0v) is 20.8. The molecule has 0 fully saturated rings. The number of halogens is 3. The van der Waals surface area contributed by atoms with Crippen molar-refractivity contribution in [2.24, 2.45) is 0 Å². The maximum atomic E-state index is 14.0. The van der Waals surface area contributed by atoms with Crippen LogP contribution in [0.4, 0.5) is 25.1 Å². The third-order valence-electron chi connectivity index (χ3n) is 5.10. The molecule has 3 amide bonds. The standard InChI is InChI=1S/C25H28ClF2N5O2/c1-5-12-32(24(35)29-20-11-8-17(27)13-19(20)28)15-23(34)30-22-14-21(25(2,3)4)31-33(22)18-9-6-16(26)7-10-18/h6-11,13-14H,5,12,15H2,1-4H3,(H,29,35)(H,30,34). The number of carbonyl (C=O) groups is 2. The first kappa shape index (κ1) is 26.2. The molecule has 2 aromatic carbocycles. The van der Waals surface area contributed by atoms with Crippen molar-refractivity contribution in [3.05, 3.63) is 70.9 Å². The number of amides is 3. The Bertz CT molecular complexity index is 1210. The van der Waals surface area contributed by atoms with Gasteiger partial charge in [-0.1, -0.05) is 39.3 Å². The summed E-state index contributed by atoms with van der Waals surface area (Å²) in [5.41, 5.74) is 1.02.